The van der Waals surface area contributed by atoms with Crippen LogP contribution in [0.4, 0.5) is 5.69 Å². The van der Waals surface area contributed by atoms with Crippen LogP contribution in [0.15, 0.2) is 83.7 Å². The SMILES string of the molecule is O=C(c1ccc([N+](=O)[O-])cc1)N(Cc1ccccc1)Cc1nc2ccccc2c(=O)[nH]1. The lowest BCUT2D eigenvalue weighted by Gasteiger charge is -2.22. The monoisotopic (exact) mass is 414 g/mol. The Morgan fingerprint density at radius 3 is 2.32 bits per heavy atom. The van der Waals surface area contributed by atoms with E-state index >= 15 is 0 Å². The first kappa shape index (κ1) is 20.0. The highest BCUT2D eigenvalue weighted by Crippen LogP contribution is 2.17. The number of para-hydroxylation sites is 1. The van der Waals surface area contributed by atoms with Crippen LogP contribution in [0, 0.1) is 10.1 Å². The van der Waals surface area contributed by atoms with Gasteiger partial charge in [-0.3, -0.25) is 19.7 Å². The molecule has 0 unspecified atom stereocenters. The highest BCUT2D eigenvalue weighted by atomic mass is 16.6. The van der Waals surface area contributed by atoms with Crippen LogP contribution in [-0.2, 0) is 13.1 Å². The van der Waals surface area contributed by atoms with Crippen LogP contribution in [-0.4, -0.2) is 25.7 Å². The zero-order valence-electron chi connectivity index (χ0n) is 16.4. The van der Waals surface area contributed by atoms with E-state index in [-0.39, 0.29) is 30.2 Å². The third kappa shape index (κ3) is 4.48. The molecule has 0 radical (unpaired) electrons. The van der Waals surface area contributed by atoms with E-state index in [0.29, 0.717) is 22.3 Å². The lowest BCUT2D eigenvalue weighted by molar-refractivity contribution is -0.384. The smallest absolute Gasteiger partial charge is 0.269 e. The Labute approximate surface area is 176 Å². The first-order valence-electron chi connectivity index (χ1n) is 9.57. The van der Waals surface area contributed by atoms with Gasteiger partial charge in [0.1, 0.15) is 5.82 Å². The Bertz CT molecular complexity index is 1300. The van der Waals surface area contributed by atoms with Gasteiger partial charge in [0, 0.05) is 24.2 Å². The fourth-order valence-electron chi connectivity index (χ4n) is 3.30. The molecule has 1 aromatic heterocycles. The van der Waals surface area contributed by atoms with Crippen molar-refractivity contribution in [2.24, 2.45) is 0 Å². The van der Waals surface area contributed by atoms with Crippen LogP contribution in [0.5, 0.6) is 0 Å². The number of aromatic nitrogens is 2. The topological polar surface area (TPSA) is 109 Å². The molecular weight excluding hydrogens is 396 g/mol. The summed E-state index contributed by atoms with van der Waals surface area (Å²) in [6.45, 7) is 0.359. The molecule has 3 aromatic carbocycles. The normalized spacial score (nSPS) is 10.7. The zero-order chi connectivity index (χ0) is 21.8. The summed E-state index contributed by atoms with van der Waals surface area (Å²) < 4.78 is 0. The molecule has 0 saturated carbocycles. The second kappa shape index (κ2) is 8.58. The molecule has 1 amide bonds. The quantitative estimate of drug-likeness (QED) is 0.382. The summed E-state index contributed by atoms with van der Waals surface area (Å²) in [6.07, 6.45) is 0. The number of benzene rings is 3. The van der Waals surface area contributed by atoms with Crippen LogP contribution in [0.25, 0.3) is 10.9 Å². The summed E-state index contributed by atoms with van der Waals surface area (Å²) in [7, 11) is 0. The lowest BCUT2D eigenvalue weighted by atomic mass is 10.1. The van der Waals surface area contributed by atoms with E-state index in [1.165, 1.54) is 24.3 Å². The van der Waals surface area contributed by atoms with Crippen molar-refractivity contribution < 1.29 is 9.72 Å². The molecule has 0 spiro atoms. The van der Waals surface area contributed by atoms with Crippen LogP contribution < -0.4 is 5.56 Å². The third-order valence-electron chi connectivity index (χ3n) is 4.83. The average Bonchev–Trinajstić information content (AvgIpc) is 2.79. The molecule has 0 aliphatic rings. The van der Waals surface area contributed by atoms with Crippen LogP contribution in [0.1, 0.15) is 21.7 Å². The standard InChI is InChI=1S/C23H18N4O4/c28-22-19-8-4-5-9-20(19)24-21(25-22)15-26(14-16-6-2-1-3-7-16)23(29)17-10-12-18(13-11-17)27(30)31/h1-13H,14-15H2,(H,24,25,28). The summed E-state index contributed by atoms with van der Waals surface area (Å²) in [5.41, 5.74) is 1.39. The van der Waals surface area contributed by atoms with Crippen molar-refractivity contribution in [1.82, 2.24) is 14.9 Å². The largest absolute Gasteiger partial charge is 0.327 e. The summed E-state index contributed by atoms with van der Waals surface area (Å²) >= 11 is 0. The van der Waals surface area contributed by atoms with Gasteiger partial charge in [0.15, 0.2) is 0 Å². The molecular formula is C23H18N4O4. The molecule has 0 aliphatic heterocycles. The Morgan fingerprint density at radius 2 is 1.61 bits per heavy atom. The maximum absolute atomic E-state index is 13.2. The van der Waals surface area contributed by atoms with Gasteiger partial charge in [-0.1, -0.05) is 42.5 Å². The number of H-pyrrole nitrogens is 1. The number of rotatable bonds is 6. The molecule has 31 heavy (non-hydrogen) atoms. The van der Waals surface area contributed by atoms with Crippen molar-refractivity contribution in [2.45, 2.75) is 13.1 Å². The number of fused-ring (bicyclic) bond motifs is 1. The number of hydrogen-bond acceptors (Lipinski definition) is 5. The number of nitro benzene ring substituents is 1. The molecule has 4 aromatic rings. The van der Waals surface area contributed by atoms with Gasteiger partial charge >= 0.3 is 0 Å². The molecule has 154 valence electrons. The van der Waals surface area contributed by atoms with Crippen LogP contribution in [0.2, 0.25) is 0 Å². The van der Waals surface area contributed by atoms with Crippen molar-refractivity contribution >= 4 is 22.5 Å². The molecule has 4 rings (SSSR count). The van der Waals surface area contributed by atoms with Gasteiger partial charge in [-0.05, 0) is 29.8 Å². The summed E-state index contributed by atoms with van der Waals surface area (Å²) in [5.74, 6) is 0.0319. The molecule has 1 N–H and O–H groups in total. The fourth-order valence-corrected chi connectivity index (χ4v) is 3.30. The number of nitrogens with one attached hydrogen (secondary N) is 1. The van der Waals surface area contributed by atoms with Crippen LogP contribution >= 0.6 is 0 Å². The van der Waals surface area contributed by atoms with E-state index in [2.05, 4.69) is 9.97 Å². The number of amides is 1. The van der Waals surface area contributed by atoms with Crippen molar-refractivity contribution in [3.63, 3.8) is 0 Å². The van der Waals surface area contributed by atoms with E-state index in [9.17, 15) is 19.7 Å². The van der Waals surface area contributed by atoms with E-state index in [0.717, 1.165) is 5.56 Å². The van der Waals surface area contributed by atoms with E-state index in [1.54, 1.807) is 29.2 Å². The minimum atomic E-state index is -0.514. The number of hydrogen-bond donors (Lipinski definition) is 1. The van der Waals surface area contributed by atoms with Gasteiger partial charge in [-0.15, -0.1) is 0 Å². The predicted molar refractivity (Wildman–Crippen MR) is 115 cm³/mol. The first-order valence-corrected chi connectivity index (χ1v) is 9.57. The van der Waals surface area contributed by atoms with E-state index < -0.39 is 4.92 Å². The Hall–Kier alpha value is -4.33. The van der Waals surface area contributed by atoms with Gasteiger partial charge in [-0.2, -0.15) is 0 Å². The predicted octanol–water partition coefficient (Wildman–Crippen LogP) is 3.67. The van der Waals surface area contributed by atoms with Gasteiger partial charge in [0.2, 0.25) is 0 Å². The van der Waals surface area contributed by atoms with Crippen molar-refractivity contribution in [2.75, 3.05) is 0 Å². The number of nitrogens with zero attached hydrogens (tertiary/aromatic N) is 3. The lowest BCUT2D eigenvalue weighted by Crippen LogP contribution is -2.31. The molecule has 0 aliphatic carbocycles. The Kier molecular flexibility index (Phi) is 5.53. The number of non-ortho nitro benzene ring substituents is 1. The van der Waals surface area contributed by atoms with E-state index in [4.69, 9.17) is 0 Å². The van der Waals surface area contributed by atoms with Crippen molar-refractivity contribution in [3.8, 4) is 0 Å². The van der Waals surface area contributed by atoms with Crippen molar-refractivity contribution in [3.05, 3.63) is 116 Å². The summed E-state index contributed by atoms with van der Waals surface area (Å²) in [5, 5.41) is 11.4. The Morgan fingerprint density at radius 1 is 0.935 bits per heavy atom. The number of carbonyl (C=O) groups excluding carboxylic acids is 1. The minimum absolute atomic E-state index is 0.0742. The maximum Gasteiger partial charge on any atom is 0.269 e. The van der Waals surface area contributed by atoms with Gasteiger partial charge < -0.3 is 9.88 Å². The highest BCUT2D eigenvalue weighted by Gasteiger charge is 2.19. The second-order valence-electron chi connectivity index (χ2n) is 6.98. The zero-order valence-corrected chi connectivity index (χ0v) is 16.4. The Balaban J connectivity index is 1.68. The summed E-state index contributed by atoms with van der Waals surface area (Å²) in [4.78, 5) is 44.8. The van der Waals surface area contributed by atoms with Gasteiger partial charge in [0.05, 0.1) is 22.4 Å². The van der Waals surface area contributed by atoms with Gasteiger partial charge in [-0.25, -0.2) is 4.98 Å². The number of aromatic amines is 1. The second-order valence-corrected chi connectivity index (χ2v) is 6.98. The number of carbonyl (C=O) groups is 1. The summed E-state index contributed by atoms with van der Waals surface area (Å²) in [6, 6.07) is 21.9. The molecule has 0 atom stereocenters. The van der Waals surface area contributed by atoms with Crippen molar-refractivity contribution in [1.29, 1.82) is 0 Å². The third-order valence-corrected chi connectivity index (χ3v) is 4.83. The average molecular weight is 414 g/mol. The maximum atomic E-state index is 13.2. The molecule has 8 nitrogen and oxygen atoms in total. The van der Waals surface area contributed by atoms with Gasteiger partial charge in [0.25, 0.3) is 17.2 Å². The highest BCUT2D eigenvalue weighted by molar-refractivity contribution is 5.94. The fraction of sp³-hybridized carbons (Fsp3) is 0.0870. The molecule has 0 bridgehead atoms. The minimum Gasteiger partial charge on any atom is -0.327 e. The molecule has 0 saturated heterocycles. The van der Waals surface area contributed by atoms with E-state index in [1.807, 2.05) is 30.3 Å². The molecule has 0 fully saturated rings. The number of nitro groups is 1. The van der Waals surface area contributed by atoms with Crippen LogP contribution in [0.3, 0.4) is 0 Å². The first-order chi connectivity index (χ1) is 15.0. The molecule has 8 heteroatoms. The molecule has 1 heterocycles.